The average Bonchev–Trinajstić information content (AvgIpc) is 2.43. The van der Waals surface area contributed by atoms with Crippen molar-refractivity contribution in [3.8, 4) is 0 Å². The van der Waals surface area contributed by atoms with Crippen molar-refractivity contribution in [1.29, 1.82) is 0 Å². The molecule has 78 valence electrons. The molecule has 2 aromatic rings. The smallest absolute Gasteiger partial charge is 0.274 e. The van der Waals surface area contributed by atoms with Crippen LogP contribution in [0.2, 0.25) is 5.15 Å². The van der Waals surface area contributed by atoms with E-state index in [-0.39, 0.29) is 12.0 Å². The first-order valence-electron chi connectivity index (χ1n) is 4.24. The average molecular weight is 243 g/mol. The quantitative estimate of drug-likeness (QED) is 0.750. The van der Waals surface area contributed by atoms with Gasteiger partial charge in [-0.2, -0.15) is 4.98 Å². The highest BCUT2D eigenvalue weighted by Crippen LogP contribution is 2.26. The minimum Gasteiger partial charge on any atom is -0.303 e. The highest BCUT2D eigenvalue weighted by atomic mass is 35.5. The molecule has 2 rings (SSSR count). The first-order chi connectivity index (χ1) is 7.13. The van der Waals surface area contributed by atoms with Gasteiger partial charge < -0.3 is 4.79 Å². The Morgan fingerprint density at radius 1 is 1.67 bits per heavy atom. The van der Waals surface area contributed by atoms with Gasteiger partial charge in [-0.3, -0.25) is 9.20 Å². The van der Waals surface area contributed by atoms with Gasteiger partial charge in [0, 0.05) is 18.2 Å². The van der Waals surface area contributed by atoms with Crippen LogP contribution in [0.25, 0.3) is 4.96 Å². The Morgan fingerprint density at radius 2 is 2.40 bits per heavy atom. The fourth-order valence-electron chi connectivity index (χ4n) is 1.36. The Bertz CT molecular complexity index is 588. The van der Waals surface area contributed by atoms with Crippen molar-refractivity contribution in [2.45, 2.75) is 13.3 Å². The van der Waals surface area contributed by atoms with Gasteiger partial charge in [0.25, 0.3) is 5.56 Å². The molecule has 2 heterocycles. The summed E-state index contributed by atoms with van der Waals surface area (Å²) in [7, 11) is 0. The molecule has 15 heavy (non-hydrogen) atoms. The van der Waals surface area contributed by atoms with Gasteiger partial charge >= 0.3 is 0 Å². The van der Waals surface area contributed by atoms with E-state index >= 15 is 0 Å². The molecule has 0 aromatic carbocycles. The molecule has 0 bridgehead atoms. The Hall–Kier alpha value is -1.20. The summed E-state index contributed by atoms with van der Waals surface area (Å²) in [6, 6.07) is 1.41. The summed E-state index contributed by atoms with van der Waals surface area (Å²) in [5.41, 5.74) is 0.437. The number of carbonyl (C=O) groups excluding carboxylic acids is 1. The van der Waals surface area contributed by atoms with Crippen LogP contribution in [0.15, 0.2) is 10.9 Å². The Morgan fingerprint density at radius 3 is 3.07 bits per heavy atom. The zero-order valence-corrected chi connectivity index (χ0v) is 9.43. The summed E-state index contributed by atoms with van der Waals surface area (Å²) < 4.78 is 1.67. The van der Waals surface area contributed by atoms with Crippen molar-refractivity contribution in [1.82, 2.24) is 9.38 Å². The summed E-state index contributed by atoms with van der Waals surface area (Å²) in [5, 5.41) is 0.465. The van der Waals surface area contributed by atoms with Crippen LogP contribution < -0.4 is 5.56 Å². The second-order valence-corrected chi connectivity index (χ2v) is 4.46. The predicted molar refractivity (Wildman–Crippen MR) is 58.9 cm³/mol. The number of carbonyl (C=O) groups is 1. The number of fused-ring (bicyclic) bond motifs is 1. The van der Waals surface area contributed by atoms with Gasteiger partial charge in [0.1, 0.15) is 11.4 Å². The van der Waals surface area contributed by atoms with Crippen molar-refractivity contribution >= 4 is 34.2 Å². The van der Waals surface area contributed by atoms with Crippen molar-refractivity contribution in [2.24, 2.45) is 0 Å². The third kappa shape index (κ3) is 1.68. The minimum atomic E-state index is -0.289. The summed E-state index contributed by atoms with van der Waals surface area (Å²) in [6.45, 7) is 1.78. The van der Waals surface area contributed by atoms with Crippen LogP contribution in [0.3, 0.4) is 0 Å². The molecule has 0 aliphatic rings. The number of nitrogens with zero attached hydrogens (tertiary/aromatic N) is 2. The van der Waals surface area contributed by atoms with Gasteiger partial charge in [-0.25, -0.2) is 0 Å². The molecule has 0 atom stereocenters. The van der Waals surface area contributed by atoms with Gasteiger partial charge in [0.15, 0.2) is 4.96 Å². The van der Waals surface area contributed by atoms with E-state index in [2.05, 4.69) is 4.98 Å². The maximum absolute atomic E-state index is 11.2. The molecule has 0 unspecified atom stereocenters. The number of aromatic nitrogens is 2. The lowest BCUT2D eigenvalue weighted by molar-refractivity contribution is -0.107. The van der Waals surface area contributed by atoms with Crippen LogP contribution in [0.4, 0.5) is 0 Å². The molecule has 0 saturated carbocycles. The summed E-state index contributed by atoms with van der Waals surface area (Å²) >= 11 is 7.33. The van der Waals surface area contributed by atoms with Gasteiger partial charge in [-0.15, -0.1) is 0 Å². The summed E-state index contributed by atoms with van der Waals surface area (Å²) in [6.07, 6.45) is 1.03. The van der Waals surface area contributed by atoms with E-state index in [4.69, 9.17) is 11.6 Å². The number of hydrogen-bond acceptors (Lipinski definition) is 4. The highest BCUT2D eigenvalue weighted by Gasteiger charge is 2.12. The van der Waals surface area contributed by atoms with Crippen LogP contribution in [-0.2, 0) is 11.2 Å². The molecule has 2 aromatic heterocycles. The normalized spacial score (nSPS) is 10.8. The lowest BCUT2D eigenvalue weighted by Crippen LogP contribution is -2.08. The molecular weight excluding hydrogens is 236 g/mol. The number of aldehydes is 1. The van der Waals surface area contributed by atoms with Crippen molar-refractivity contribution < 1.29 is 4.79 Å². The second-order valence-electron chi connectivity index (χ2n) is 3.04. The molecule has 0 amide bonds. The van der Waals surface area contributed by atoms with Crippen molar-refractivity contribution in [3.63, 3.8) is 0 Å². The van der Waals surface area contributed by atoms with E-state index < -0.39 is 0 Å². The number of halogens is 1. The third-order valence-electron chi connectivity index (χ3n) is 1.99. The first-order valence-corrected chi connectivity index (χ1v) is 5.44. The van der Waals surface area contributed by atoms with Gasteiger partial charge in [0.2, 0.25) is 0 Å². The van der Waals surface area contributed by atoms with Crippen LogP contribution in [-0.4, -0.2) is 15.7 Å². The van der Waals surface area contributed by atoms with E-state index in [9.17, 15) is 9.59 Å². The first kappa shape index (κ1) is 10.3. The van der Waals surface area contributed by atoms with E-state index in [0.29, 0.717) is 10.1 Å². The summed E-state index contributed by atoms with van der Waals surface area (Å²) in [4.78, 5) is 26.6. The van der Waals surface area contributed by atoms with Crippen LogP contribution in [0.5, 0.6) is 0 Å². The lowest BCUT2D eigenvalue weighted by atomic mass is 10.4. The number of hydrogen-bond donors (Lipinski definition) is 0. The zero-order valence-electron chi connectivity index (χ0n) is 7.86. The fraction of sp³-hybridized carbons (Fsp3) is 0.222. The van der Waals surface area contributed by atoms with E-state index in [1.807, 2.05) is 0 Å². The third-order valence-corrected chi connectivity index (χ3v) is 3.56. The Kier molecular flexibility index (Phi) is 2.58. The molecule has 0 aliphatic heterocycles. The van der Waals surface area contributed by atoms with E-state index in [1.54, 1.807) is 11.3 Å². The van der Waals surface area contributed by atoms with E-state index in [1.165, 1.54) is 17.4 Å². The number of aryl methyl sites for hydroxylation is 1. The Balaban J connectivity index is 2.81. The van der Waals surface area contributed by atoms with Gasteiger partial charge in [-0.1, -0.05) is 22.9 Å². The SMILES string of the molecule is Cc1cc(=O)nc2sc(CC=O)c(Cl)n12. The fourth-order valence-corrected chi connectivity index (χ4v) is 2.82. The van der Waals surface area contributed by atoms with Gasteiger partial charge in [-0.05, 0) is 6.92 Å². The van der Waals surface area contributed by atoms with Crippen LogP contribution in [0, 0.1) is 6.92 Å². The number of thiazole rings is 1. The molecular formula is C9H7ClN2O2S. The second kappa shape index (κ2) is 3.75. The van der Waals surface area contributed by atoms with Crippen LogP contribution in [0.1, 0.15) is 10.6 Å². The van der Waals surface area contributed by atoms with Crippen molar-refractivity contribution in [3.05, 3.63) is 32.1 Å². The number of rotatable bonds is 2. The Labute approximate surface area is 94.1 Å². The van der Waals surface area contributed by atoms with E-state index in [0.717, 1.165) is 16.9 Å². The largest absolute Gasteiger partial charge is 0.303 e. The molecule has 0 aliphatic carbocycles. The molecule has 0 saturated heterocycles. The molecule has 6 heteroatoms. The molecule has 0 N–H and O–H groups in total. The predicted octanol–water partition coefficient (Wildman–Crippen LogP) is 1.46. The molecule has 0 radical (unpaired) electrons. The standard InChI is InChI=1S/C9H7ClN2O2S/c1-5-4-7(14)11-9-12(5)8(10)6(15-9)2-3-13/h3-4H,2H2,1H3. The topological polar surface area (TPSA) is 51.4 Å². The minimum absolute atomic E-state index is 0.250. The molecule has 4 nitrogen and oxygen atoms in total. The zero-order chi connectivity index (χ0) is 11.0. The molecule has 0 spiro atoms. The lowest BCUT2D eigenvalue weighted by Gasteiger charge is -1.98. The maximum Gasteiger partial charge on any atom is 0.274 e. The highest BCUT2D eigenvalue weighted by molar-refractivity contribution is 7.17. The monoisotopic (exact) mass is 242 g/mol. The maximum atomic E-state index is 11.2. The van der Waals surface area contributed by atoms with Gasteiger partial charge in [0.05, 0.1) is 4.88 Å². The summed E-state index contributed by atoms with van der Waals surface area (Å²) in [5.74, 6) is 0. The van der Waals surface area contributed by atoms with Crippen molar-refractivity contribution in [2.75, 3.05) is 0 Å². The van der Waals surface area contributed by atoms with Crippen LogP contribution >= 0.6 is 22.9 Å². The molecule has 0 fully saturated rings.